The Morgan fingerprint density at radius 3 is 1.05 bits per heavy atom. The van der Waals surface area contributed by atoms with Gasteiger partial charge >= 0.3 is 49.7 Å². The van der Waals surface area contributed by atoms with E-state index in [0.29, 0.717) is 0 Å². The molecule has 0 aliphatic heterocycles. The molecule has 104 valence electrons. The first-order valence-corrected chi connectivity index (χ1v) is 4.84. The van der Waals surface area contributed by atoms with Crippen LogP contribution >= 0.6 is 0 Å². The van der Waals surface area contributed by atoms with Crippen LogP contribution in [-0.2, 0) is 28.7 Å². The molecule has 9 heteroatoms. The van der Waals surface area contributed by atoms with E-state index < -0.39 is 36.1 Å². The molecule has 0 N–H and O–H groups in total. The van der Waals surface area contributed by atoms with Gasteiger partial charge in [0.05, 0.1) is 11.9 Å². The Labute approximate surface area is 140 Å². The monoisotopic (exact) mass is 302 g/mol. The van der Waals surface area contributed by atoms with Crippen LogP contribution < -0.4 is 10.2 Å². The Bertz CT molecular complexity index is 295. The van der Waals surface area contributed by atoms with Gasteiger partial charge in [0, 0.05) is 13.8 Å². The normalized spacial score (nSPS) is 11.6. The first kappa shape index (κ1) is 23.2. The third kappa shape index (κ3) is 17.1. The standard InChI is InChI=1S/2C5H8O4.Ca/c2*1-3(5(7)8)9-4(2)6;/h2*3H,1-2H3,(H,7,8);/q;;+2/p-2. The molecular formula is C10H14CaO8. The van der Waals surface area contributed by atoms with E-state index in [1.165, 1.54) is 13.8 Å². The molecule has 0 aromatic rings. The summed E-state index contributed by atoms with van der Waals surface area (Å²) in [6.07, 6.45) is -2.30. The molecule has 0 saturated heterocycles. The first-order chi connectivity index (χ1) is 8.07. The van der Waals surface area contributed by atoms with Crippen molar-refractivity contribution < 1.29 is 38.9 Å². The molecule has 0 rings (SSSR count). The van der Waals surface area contributed by atoms with Crippen LogP contribution in [0.25, 0.3) is 0 Å². The van der Waals surface area contributed by atoms with Gasteiger partial charge in [0.1, 0.15) is 12.2 Å². The third-order valence-electron chi connectivity index (χ3n) is 1.35. The van der Waals surface area contributed by atoms with E-state index in [0.717, 1.165) is 13.8 Å². The van der Waals surface area contributed by atoms with Gasteiger partial charge in [-0.3, -0.25) is 9.59 Å². The Balaban J connectivity index is -0.000000256. The van der Waals surface area contributed by atoms with E-state index in [-0.39, 0.29) is 37.7 Å². The maximum Gasteiger partial charge on any atom is 2.00 e. The van der Waals surface area contributed by atoms with Crippen LogP contribution in [0.4, 0.5) is 0 Å². The van der Waals surface area contributed by atoms with Crippen molar-refractivity contribution in [2.24, 2.45) is 0 Å². The number of carbonyl (C=O) groups excluding carboxylic acids is 4. The molecule has 0 saturated carbocycles. The maximum absolute atomic E-state index is 10.0. The fourth-order valence-corrected chi connectivity index (χ4v) is 0.594. The fourth-order valence-electron chi connectivity index (χ4n) is 0.594. The van der Waals surface area contributed by atoms with Gasteiger partial charge in [-0.15, -0.1) is 0 Å². The van der Waals surface area contributed by atoms with Crippen molar-refractivity contribution in [3.63, 3.8) is 0 Å². The predicted molar refractivity (Wildman–Crippen MR) is 58.2 cm³/mol. The molecule has 0 bridgehead atoms. The number of hydrogen-bond acceptors (Lipinski definition) is 8. The molecule has 0 aliphatic carbocycles. The molecule has 19 heavy (non-hydrogen) atoms. The molecule has 0 radical (unpaired) electrons. The zero-order valence-corrected chi connectivity index (χ0v) is 13.3. The van der Waals surface area contributed by atoms with Crippen LogP contribution in [0.1, 0.15) is 27.7 Å². The first-order valence-electron chi connectivity index (χ1n) is 4.84. The molecule has 0 amide bonds. The zero-order chi connectivity index (χ0) is 14.9. The number of carbonyl (C=O) groups is 4. The molecule has 0 aromatic carbocycles. The molecule has 0 spiro atoms. The summed E-state index contributed by atoms with van der Waals surface area (Å²) in [5, 5.41) is 19.7. The van der Waals surface area contributed by atoms with Gasteiger partial charge in [0.2, 0.25) is 0 Å². The number of esters is 2. The molecule has 0 heterocycles. The summed E-state index contributed by atoms with van der Waals surface area (Å²) in [4.78, 5) is 39.8. The fraction of sp³-hybridized carbons (Fsp3) is 0.600. The van der Waals surface area contributed by atoms with Crippen LogP contribution in [0, 0.1) is 0 Å². The molecule has 0 aliphatic rings. The van der Waals surface area contributed by atoms with Crippen LogP contribution in [0.5, 0.6) is 0 Å². The van der Waals surface area contributed by atoms with Crippen molar-refractivity contribution in [1.29, 1.82) is 0 Å². The van der Waals surface area contributed by atoms with E-state index >= 15 is 0 Å². The van der Waals surface area contributed by atoms with E-state index in [1.807, 2.05) is 0 Å². The number of ether oxygens (including phenoxy) is 2. The Morgan fingerprint density at radius 2 is 1.00 bits per heavy atom. The summed E-state index contributed by atoms with van der Waals surface area (Å²) in [5.41, 5.74) is 0. The molecule has 2 unspecified atom stereocenters. The van der Waals surface area contributed by atoms with E-state index in [1.54, 1.807) is 0 Å². The van der Waals surface area contributed by atoms with E-state index in [4.69, 9.17) is 0 Å². The third-order valence-corrected chi connectivity index (χ3v) is 1.35. The second-order valence-electron chi connectivity index (χ2n) is 3.14. The summed E-state index contributed by atoms with van der Waals surface area (Å²) >= 11 is 0. The second-order valence-corrected chi connectivity index (χ2v) is 3.14. The van der Waals surface area contributed by atoms with Crippen molar-refractivity contribution >= 4 is 61.6 Å². The smallest absolute Gasteiger partial charge is 0.546 e. The molecule has 0 fully saturated rings. The Kier molecular flexibility index (Phi) is 14.9. The quantitative estimate of drug-likeness (QED) is 0.396. The van der Waals surface area contributed by atoms with E-state index in [2.05, 4.69) is 9.47 Å². The minimum atomic E-state index is -1.38. The van der Waals surface area contributed by atoms with Crippen LogP contribution in [-0.4, -0.2) is 73.8 Å². The summed E-state index contributed by atoms with van der Waals surface area (Å²) in [5.74, 6) is -4.01. The van der Waals surface area contributed by atoms with Gasteiger partial charge in [-0.1, -0.05) is 0 Å². The molecule has 8 nitrogen and oxygen atoms in total. The van der Waals surface area contributed by atoms with Crippen molar-refractivity contribution in [2.75, 3.05) is 0 Å². The summed E-state index contributed by atoms with van der Waals surface area (Å²) in [7, 11) is 0. The average Bonchev–Trinajstić information content (AvgIpc) is 2.16. The minimum Gasteiger partial charge on any atom is -0.546 e. The van der Waals surface area contributed by atoms with Gasteiger partial charge in [-0.25, -0.2) is 0 Å². The Morgan fingerprint density at radius 1 is 0.789 bits per heavy atom. The average molecular weight is 302 g/mol. The topological polar surface area (TPSA) is 133 Å². The summed E-state index contributed by atoms with van der Waals surface area (Å²) in [6.45, 7) is 4.74. The second kappa shape index (κ2) is 12.2. The zero-order valence-electron chi connectivity index (χ0n) is 11.1. The number of hydrogen-bond donors (Lipinski definition) is 0. The van der Waals surface area contributed by atoms with Crippen molar-refractivity contribution in [2.45, 2.75) is 39.9 Å². The van der Waals surface area contributed by atoms with Crippen LogP contribution in [0.2, 0.25) is 0 Å². The number of carboxylic acids is 2. The van der Waals surface area contributed by atoms with Crippen molar-refractivity contribution in [1.82, 2.24) is 0 Å². The van der Waals surface area contributed by atoms with Gasteiger partial charge in [-0.2, -0.15) is 0 Å². The number of rotatable bonds is 4. The summed E-state index contributed by atoms with van der Waals surface area (Å²) in [6, 6.07) is 0. The van der Waals surface area contributed by atoms with Crippen LogP contribution in [0.3, 0.4) is 0 Å². The minimum absolute atomic E-state index is 0. The number of carboxylic acid groups (broad SMARTS) is 2. The van der Waals surface area contributed by atoms with Gasteiger partial charge in [0.15, 0.2) is 0 Å². The SMILES string of the molecule is CC(=O)OC(C)C(=O)[O-].CC(=O)OC(C)C(=O)[O-].[Ca+2]. The molecular weight excluding hydrogens is 288 g/mol. The largest absolute Gasteiger partial charge is 2.00 e. The Hall–Kier alpha value is -0.860. The molecule has 0 aromatic heterocycles. The van der Waals surface area contributed by atoms with Gasteiger partial charge < -0.3 is 29.3 Å². The number of aliphatic carboxylic acids is 2. The maximum atomic E-state index is 10.0. The summed E-state index contributed by atoms with van der Waals surface area (Å²) < 4.78 is 8.42. The molecule has 2 atom stereocenters. The van der Waals surface area contributed by atoms with E-state index in [9.17, 15) is 29.4 Å². The van der Waals surface area contributed by atoms with Crippen LogP contribution in [0.15, 0.2) is 0 Å². The van der Waals surface area contributed by atoms with Gasteiger partial charge in [-0.05, 0) is 13.8 Å². The van der Waals surface area contributed by atoms with Gasteiger partial charge in [0.25, 0.3) is 0 Å². The van der Waals surface area contributed by atoms with Crippen molar-refractivity contribution in [3.8, 4) is 0 Å². The van der Waals surface area contributed by atoms with Crippen molar-refractivity contribution in [3.05, 3.63) is 0 Å². The predicted octanol–water partition coefficient (Wildman–Crippen LogP) is -3.00.